The normalized spacial score (nSPS) is 14.3. The van der Waals surface area contributed by atoms with Gasteiger partial charge in [-0.05, 0) is 30.3 Å². The molecule has 7 nitrogen and oxygen atoms in total. The zero-order chi connectivity index (χ0) is 19.5. The van der Waals surface area contributed by atoms with Crippen LogP contribution >= 0.6 is 0 Å². The number of benzene rings is 2. The van der Waals surface area contributed by atoms with Crippen molar-refractivity contribution in [3.8, 4) is 5.75 Å². The van der Waals surface area contributed by atoms with E-state index in [9.17, 15) is 9.59 Å². The summed E-state index contributed by atoms with van der Waals surface area (Å²) in [4.78, 5) is 28.8. The van der Waals surface area contributed by atoms with Gasteiger partial charge >= 0.3 is 0 Å². The maximum Gasteiger partial charge on any atom is 0.272 e. The molecule has 1 saturated heterocycles. The molecule has 1 aromatic heterocycles. The minimum absolute atomic E-state index is 0.0269. The standard InChI is InChI=1S/C21H22N4O3/c1-28-16-8-6-15(7-9-16)24-10-12-25(13-11-24)20(26)14-19-17-4-2-3-5-18(17)21(27)23-22-19/h2-9H,10-14H2,1H3,(H,23,27). The maximum absolute atomic E-state index is 12.8. The van der Waals surface area contributed by atoms with Crippen molar-refractivity contribution in [2.75, 3.05) is 38.2 Å². The second-order valence-corrected chi connectivity index (χ2v) is 6.79. The van der Waals surface area contributed by atoms with Crippen molar-refractivity contribution < 1.29 is 9.53 Å². The predicted molar refractivity (Wildman–Crippen MR) is 108 cm³/mol. The summed E-state index contributed by atoms with van der Waals surface area (Å²) in [6, 6.07) is 15.2. The molecule has 1 aliphatic rings. The van der Waals surface area contributed by atoms with Crippen LogP contribution in [0.1, 0.15) is 5.69 Å². The average Bonchev–Trinajstić information content (AvgIpc) is 2.76. The molecule has 0 bridgehead atoms. The molecule has 0 saturated carbocycles. The molecule has 0 radical (unpaired) electrons. The fourth-order valence-corrected chi connectivity index (χ4v) is 3.57. The summed E-state index contributed by atoms with van der Waals surface area (Å²) < 4.78 is 5.20. The van der Waals surface area contributed by atoms with Crippen molar-refractivity contribution in [3.63, 3.8) is 0 Å². The lowest BCUT2D eigenvalue weighted by Crippen LogP contribution is -2.49. The molecular formula is C21H22N4O3. The lowest BCUT2D eigenvalue weighted by atomic mass is 10.1. The van der Waals surface area contributed by atoms with E-state index in [2.05, 4.69) is 15.1 Å². The predicted octanol–water partition coefficient (Wildman–Crippen LogP) is 1.82. The number of methoxy groups -OCH3 is 1. The Morgan fingerprint density at radius 3 is 2.39 bits per heavy atom. The Kier molecular flexibility index (Phi) is 4.97. The molecule has 0 spiro atoms. The molecule has 4 rings (SSSR count). The van der Waals surface area contributed by atoms with Crippen LogP contribution in [-0.2, 0) is 11.2 Å². The molecule has 144 valence electrons. The number of amides is 1. The smallest absolute Gasteiger partial charge is 0.272 e. The molecule has 3 aromatic rings. The minimum atomic E-state index is -0.236. The summed E-state index contributed by atoms with van der Waals surface area (Å²) in [5.41, 5.74) is 1.50. The molecule has 0 atom stereocenters. The number of piperazine rings is 1. The Bertz CT molecular complexity index is 1040. The van der Waals surface area contributed by atoms with Gasteiger partial charge in [0.15, 0.2) is 0 Å². The first kappa shape index (κ1) is 18.0. The van der Waals surface area contributed by atoms with Crippen molar-refractivity contribution in [1.29, 1.82) is 0 Å². The van der Waals surface area contributed by atoms with Gasteiger partial charge in [0.25, 0.3) is 5.56 Å². The van der Waals surface area contributed by atoms with Gasteiger partial charge in [0, 0.05) is 37.3 Å². The highest BCUT2D eigenvalue weighted by molar-refractivity contribution is 5.88. The number of nitrogens with one attached hydrogen (secondary N) is 1. The van der Waals surface area contributed by atoms with Crippen LogP contribution in [0.15, 0.2) is 53.3 Å². The number of hydrogen-bond donors (Lipinski definition) is 1. The summed E-state index contributed by atoms with van der Waals surface area (Å²) in [7, 11) is 1.65. The van der Waals surface area contributed by atoms with E-state index in [1.54, 1.807) is 13.2 Å². The molecule has 2 aromatic carbocycles. The lowest BCUT2D eigenvalue weighted by molar-refractivity contribution is -0.130. The Balaban J connectivity index is 1.42. The zero-order valence-electron chi connectivity index (χ0n) is 15.7. The van der Waals surface area contributed by atoms with Crippen molar-refractivity contribution in [3.05, 3.63) is 64.6 Å². The number of anilines is 1. The van der Waals surface area contributed by atoms with Crippen LogP contribution < -0.4 is 15.2 Å². The van der Waals surface area contributed by atoms with Crippen LogP contribution in [0.25, 0.3) is 10.8 Å². The van der Waals surface area contributed by atoms with Crippen LogP contribution in [-0.4, -0.2) is 54.3 Å². The third kappa shape index (κ3) is 3.55. The summed E-state index contributed by atoms with van der Waals surface area (Å²) in [5, 5.41) is 7.90. The molecule has 1 amide bonds. The Morgan fingerprint density at radius 1 is 1.04 bits per heavy atom. The molecule has 0 aliphatic carbocycles. The largest absolute Gasteiger partial charge is 0.497 e. The second-order valence-electron chi connectivity index (χ2n) is 6.79. The molecule has 0 unspecified atom stereocenters. The first-order chi connectivity index (χ1) is 13.7. The van der Waals surface area contributed by atoms with E-state index >= 15 is 0 Å². The molecule has 2 heterocycles. The summed E-state index contributed by atoms with van der Waals surface area (Å²) in [6.45, 7) is 2.87. The zero-order valence-corrected chi connectivity index (χ0v) is 15.7. The van der Waals surface area contributed by atoms with Gasteiger partial charge in [0.1, 0.15) is 5.75 Å². The fraction of sp³-hybridized carbons (Fsp3) is 0.286. The van der Waals surface area contributed by atoms with E-state index in [-0.39, 0.29) is 17.9 Å². The number of ether oxygens (including phenoxy) is 1. The van der Waals surface area contributed by atoms with Gasteiger partial charge in [-0.3, -0.25) is 9.59 Å². The third-order valence-electron chi connectivity index (χ3n) is 5.16. The Morgan fingerprint density at radius 2 is 1.71 bits per heavy atom. The molecular weight excluding hydrogens is 356 g/mol. The van der Waals surface area contributed by atoms with Crippen LogP contribution in [0.5, 0.6) is 5.75 Å². The SMILES string of the molecule is COc1ccc(N2CCN(C(=O)Cc3n[nH]c(=O)c4ccccc34)CC2)cc1. The number of rotatable bonds is 4. The Hall–Kier alpha value is -3.35. The quantitative estimate of drug-likeness (QED) is 0.749. The number of carbonyl (C=O) groups excluding carboxylic acids is 1. The van der Waals surface area contributed by atoms with Gasteiger partial charge in [-0.15, -0.1) is 0 Å². The first-order valence-electron chi connectivity index (χ1n) is 9.29. The number of aromatic nitrogens is 2. The molecule has 28 heavy (non-hydrogen) atoms. The van der Waals surface area contributed by atoms with Gasteiger partial charge in [-0.1, -0.05) is 18.2 Å². The maximum atomic E-state index is 12.8. The number of carbonyl (C=O) groups is 1. The van der Waals surface area contributed by atoms with Crippen LogP contribution in [0, 0.1) is 0 Å². The van der Waals surface area contributed by atoms with Gasteiger partial charge in [0.2, 0.25) is 5.91 Å². The van der Waals surface area contributed by atoms with Crippen molar-refractivity contribution in [1.82, 2.24) is 15.1 Å². The van der Waals surface area contributed by atoms with Gasteiger partial charge in [-0.2, -0.15) is 5.10 Å². The van der Waals surface area contributed by atoms with Crippen LogP contribution in [0.4, 0.5) is 5.69 Å². The molecule has 1 N–H and O–H groups in total. The van der Waals surface area contributed by atoms with Gasteiger partial charge in [0.05, 0.1) is 24.6 Å². The number of H-pyrrole nitrogens is 1. The number of hydrogen-bond acceptors (Lipinski definition) is 5. The number of fused-ring (bicyclic) bond motifs is 1. The van der Waals surface area contributed by atoms with E-state index in [0.717, 1.165) is 29.9 Å². The molecule has 1 fully saturated rings. The van der Waals surface area contributed by atoms with E-state index in [1.807, 2.05) is 47.4 Å². The highest BCUT2D eigenvalue weighted by Gasteiger charge is 2.22. The van der Waals surface area contributed by atoms with Crippen molar-refractivity contribution in [2.45, 2.75) is 6.42 Å². The summed E-state index contributed by atoms with van der Waals surface area (Å²) in [6.07, 6.45) is 0.180. The van der Waals surface area contributed by atoms with E-state index < -0.39 is 0 Å². The summed E-state index contributed by atoms with van der Waals surface area (Å²) >= 11 is 0. The monoisotopic (exact) mass is 378 g/mol. The topological polar surface area (TPSA) is 78.5 Å². The van der Waals surface area contributed by atoms with E-state index in [1.165, 1.54) is 0 Å². The lowest BCUT2D eigenvalue weighted by Gasteiger charge is -2.36. The number of nitrogens with zero attached hydrogens (tertiary/aromatic N) is 3. The average molecular weight is 378 g/mol. The van der Waals surface area contributed by atoms with Crippen LogP contribution in [0.2, 0.25) is 0 Å². The number of aromatic amines is 1. The minimum Gasteiger partial charge on any atom is -0.497 e. The van der Waals surface area contributed by atoms with E-state index in [0.29, 0.717) is 24.2 Å². The second kappa shape index (κ2) is 7.72. The highest BCUT2D eigenvalue weighted by Crippen LogP contribution is 2.21. The van der Waals surface area contributed by atoms with Crippen molar-refractivity contribution >= 4 is 22.4 Å². The summed E-state index contributed by atoms with van der Waals surface area (Å²) in [5.74, 6) is 0.859. The van der Waals surface area contributed by atoms with Crippen molar-refractivity contribution in [2.24, 2.45) is 0 Å². The Labute approximate surface area is 162 Å². The highest BCUT2D eigenvalue weighted by atomic mass is 16.5. The van der Waals surface area contributed by atoms with Gasteiger partial charge < -0.3 is 14.5 Å². The molecule has 1 aliphatic heterocycles. The van der Waals surface area contributed by atoms with E-state index in [4.69, 9.17) is 4.74 Å². The van der Waals surface area contributed by atoms with Crippen LogP contribution in [0.3, 0.4) is 0 Å². The molecule has 7 heteroatoms. The fourth-order valence-electron chi connectivity index (χ4n) is 3.57. The van der Waals surface area contributed by atoms with Gasteiger partial charge in [-0.25, -0.2) is 5.10 Å². The first-order valence-corrected chi connectivity index (χ1v) is 9.29. The third-order valence-corrected chi connectivity index (χ3v) is 5.16.